The number of nitrogens with zero attached hydrogens (tertiary/aromatic N) is 1. The Hall–Kier alpha value is 0.0700. The molecule has 6 heteroatoms. The summed E-state index contributed by atoms with van der Waals surface area (Å²) in [5.74, 6) is 0. The van der Waals surface area contributed by atoms with Crippen LogP contribution >= 0.6 is 7.82 Å². The minimum atomic E-state index is -3.26. The van der Waals surface area contributed by atoms with Crippen LogP contribution in [0.3, 0.4) is 0 Å². The number of hydrogen-bond acceptors (Lipinski definition) is 5. The van der Waals surface area contributed by atoms with E-state index < -0.39 is 7.82 Å². The molecule has 0 aliphatic heterocycles. The number of rotatable bonds is 6. The molecule has 0 bridgehead atoms. The Morgan fingerprint density at radius 3 is 2.08 bits per heavy atom. The van der Waals surface area contributed by atoms with Crippen LogP contribution in [0.25, 0.3) is 0 Å². The highest BCUT2D eigenvalue weighted by Crippen LogP contribution is 2.47. The van der Waals surface area contributed by atoms with Crippen LogP contribution in [0.15, 0.2) is 0 Å². The van der Waals surface area contributed by atoms with E-state index in [4.69, 9.17) is 4.52 Å². The Balaban J connectivity index is 3.67. The van der Waals surface area contributed by atoms with Gasteiger partial charge in [0.25, 0.3) is 0 Å². The maximum absolute atomic E-state index is 11.2. The topological polar surface area (TPSA) is 48.0 Å². The second-order valence-corrected chi connectivity index (χ2v) is 4.33. The summed E-state index contributed by atoms with van der Waals surface area (Å²) in [7, 11) is 3.11. The molecule has 0 fully saturated rings. The molecule has 0 atom stereocenters. The fraction of sp³-hybridized carbons (Fsp3) is 1.00. The summed E-state index contributed by atoms with van der Waals surface area (Å²) in [4.78, 5) is 1.91. The van der Waals surface area contributed by atoms with E-state index in [1.54, 1.807) is 0 Å². The Kier molecular flexibility index (Phi) is 5.70. The molecule has 0 radical (unpaired) electrons. The zero-order valence-corrected chi connectivity index (χ0v) is 8.84. The molecule has 0 unspecified atom stereocenters. The fourth-order valence-corrected chi connectivity index (χ4v) is 1.18. The van der Waals surface area contributed by atoms with Gasteiger partial charge in [-0.3, -0.25) is 13.6 Å². The zero-order chi connectivity index (χ0) is 9.61. The predicted octanol–water partition coefficient (Wildman–Crippen LogP) is 0.966. The maximum atomic E-state index is 11.2. The smallest absolute Gasteiger partial charge is 0.307 e. The minimum Gasteiger partial charge on any atom is -0.307 e. The number of likely N-dealkylation sites (N-methyl/N-ethyl adjacent to an activating group) is 1. The molecule has 0 aromatic rings. The molecule has 0 N–H and O–H groups in total. The molecule has 0 saturated heterocycles. The van der Waals surface area contributed by atoms with E-state index in [2.05, 4.69) is 9.05 Å². The highest BCUT2D eigenvalue weighted by Gasteiger charge is 2.21. The first-order valence-corrected chi connectivity index (χ1v) is 5.01. The first kappa shape index (κ1) is 12.1. The Morgan fingerprint density at radius 1 is 1.25 bits per heavy atom. The molecule has 0 saturated carbocycles. The van der Waals surface area contributed by atoms with Crippen molar-refractivity contribution >= 4 is 7.82 Å². The summed E-state index contributed by atoms with van der Waals surface area (Å²) < 4.78 is 25.3. The lowest BCUT2D eigenvalue weighted by Crippen LogP contribution is -2.17. The van der Waals surface area contributed by atoms with E-state index in [0.717, 1.165) is 0 Å². The van der Waals surface area contributed by atoms with Gasteiger partial charge in [-0.15, -0.1) is 0 Å². The van der Waals surface area contributed by atoms with Crippen LogP contribution in [0.1, 0.15) is 0 Å². The molecule has 12 heavy (non-hydrogen) atoms. The van der Waals surface area contributed by atoms with E-state index in [0.29, 0.717) is 13.2 Å². The van der Waals surface area contributed by atoms with Gasteiger partial charge in [0.15, 0.2) is 0 Å². The van der Waals surface area contributed by atoms with E-state index in [1.807, 2.05) is 19.0 Å². The second-order valence-electron chi connectivity index (χ2n) is 2.45. The third kappa shape index (κ3) is 4.85. The van der Waals surface area contributed by atoms with E-state index in [1.165, 1.54) is 14.2 Å². The van der Waals surface area contributed by atoms with Gasteiger partial charge >= 0.3 is 7.82 Å². The van der Waals surface area contributed by atoms with Gasteiger partial charge in [-0.1, -0.05) is 0 Å². The number of phosphoric acid groups is 1. The van der Waals surface area contributed by atoms with Crippen LogP contribution in [0.2, 0.25) is 0 Å². The Labute approximate surface area is 73.2 Å². The van der Waals surface area contributed by atoms with E-state index >= 15 is 0 Å². The maximum Gasteiger partial charge on any atom is 0.474 e. The summed E-state index contributed by atoms with van der Waals surface area (Å²) in [6.07, 6.45) is 0. The largest absolute Gasteiger partial charge is 0.474 e. The summed E-state index contributed by atoms with van der Waals surface area (Å²) >= 11 is 0. The normalized spacial score (nSPS) is 12.4. The lowest BCUT2D eigenvalue weighted by Gasteiger charge is -2.14. The van der Waals surface area contributed by atoms with Gasteiger partial charge in [0, 0.05) is 20.8 Å². The quantitative estimate of drug-likeness (QED) is 0.593. The molecule has 0 aliphatic rings. The van der Waals surface area contributed by atoms with Crippen LogP contribution < -0.4 is 0 Å². The second kappa shape index (κ2) is 5.67. The van der Waals surface area contributed by atoms with Crippen molar-refractivity contribution in [1.29, 1.82) is 0 Å². The lowest BCUT2D eigenvalue weighted by molar-refractivity contribution is 0.142. The average molecular weight is 197 g/mol. The third-order valence-electron chi connectivity index (χ3n) is 1.24. The van der Waals surface area contributed by atoms with Crippen molar-refractivity contribution in [1.82, 2.24) is 4.90 Å². The van der Waals surface area contributed by atoms with Gasteiger partial charge in [0.05, 0.1) is 6.61 Å². The van der Waals surface area contributed by atoms with Crippen molar-refractivity contribution < 1.29 is 18.1 Å². The Morgan fingerprint density at radius 2 is 1.75 bits per heavy atom. The minimum absolute atomic E-state index is 0.325. The molecule has 0 aromatic heterocycles. The van der Waals surface area contributed by atoms with Crippen molar-refractivity contribution in [3.05, 3.63) is 0 Å². The molecule has 0 heterocycles. The molecular formula is C6H16NO4P. The van der Waals surface area contributed by atoms with Crippen molar-refractivity contribution in [3.63, 3.8) is 0 Å². The van der Waals surface area contributed by atoms with E-state index in [9.17, 15) is 4.57 Å². The highest BCUT2D eigenvalue weighted by atomic mass is 31.2. The molecule has 74 valence electrons. The first-order chi connectivity index (χ1) is 5.54. The molecular weight excluding hydrogens is 181 g/mol. The van der Waals surface area contributed by atoms with Crippen LogP contribution in [0.4, 0.5) is 0 Å². The predicted molar refractivity (Wildman–Crippen MR) is 46.1 cm³/mol. The third-order valence-corrected chi connectivity index (χ3v) is 2.63. The van der Waals surface area contributed by atoms with Gasteiger partial charge in [-0.05, 0) is 14.1 Å². The monoisotopic (exact) mass is 197 g/mol. The SMILES string of the molecule is COP(=O)(OC)OCCN(C)C. The molecule has 0 rings (SSSR count). The first-order valence-electron chi connectivity index (χ1n) is 3.55. The van der Waals surface area contributed by atoms with Crippen molar-refractivity contribution in [2.75, 3.05) is 41.5 Å². The van der Waals surface area contributed by atoms with Crippen molar-refractivity contribution in [2.45, 2.75) is 0 Å². The molecule has 0 aliphatic carbocycles. The van der Waals surface area contributed by atoms with Gasteiger partial charge in [-0.25, -0.2) is 4.57 Å². The zero-order valence-electron chi connectivity index (χ0n) is 7.94. The lowest BCUT2D eigenvalue weighted by atomic mass is 10.6. The molecule has 5 nitrogen and oxygen atoms in total. The van der Waals surface area contributed by atoms with Gasteiger partial charge < -0.3 is 4.90 Å². The molecule has 0 spiro atoms. The van der Waals surface area contributed by atoms with Crippen molar-refractivity contribution in [2.24, 2.45) is 0 Å². The molecule has 0 aromatic carbocycles. The summed E-state index contributed by atoms with van der Waals surface area (Å²) in [5.41, 5.74) is 0. The molecule has 0 amide bonds. The van der Waals surface area contributed by atoms with Crippen LogP contribution in [0.5, 0.6) is 0 Å². The van der Waals surface area contributed by atoms with Gasteiger partial charge in [0.2, 0.25) is 0 Å². The van der Waals surface area contributed by atoms with Crippen LogP contribution in [-0.2, 0) is 18.1 Å². The van der Waals surface area contributed by atoms with Gasteiger partial charge in [0.1, 0.15) is 0 Å². The fourth-order valence-electron chi connectivity index (χ4n) is 0.515. The van der Waals surface area contributed by atoms with Crippen LogP contribution in [0, 0.1) is 0 Å². The Bertz CT molecular complexity index is 154. The summed E-state index contributed by atoms with van der Waals surface area (Å²) in [6, 6.07) is 0. The summed E-state index contributed by atoms with van der Waals surface area (Å²) in [6.45, 7) is 1.00. The summed E-state index contributed by atoms with van der Waals surface area (Å²) in [5, 5.41) is 0. The van der Waals surface area contributed by atoms with Crippen LogP contribution in [-0.4, -0.2) is 46.4 Å². The standard InChI is InChI=1S/C6H16NO4P/c1-7(2)5-6-11-12(8,9-3)10-4/h5-6H2,1-4H3. The van der Waals surface area contributed by atoms with Crippen molar-refractivity contribution in [3.8, 4) is 0 Å². The number of hydrogen-bond donors (Lipinski definition) is 0. The van der Waals surface area contributed by atoms with E-state index in [-0.39, 0.29) is 0 Å². The van der Waals surface area contributed by atoms with Gasteiger partial charge in [-0.2, -0.15) is 0 Å². The average Bonchev–Trinajstić information content (AvgIpc) is 2.03. The highest BCUT2D eigenvalue weighted by molar-refractivity contribution is 7.48. The number of phosphoric ester groups is 1.